The molecule has 0 aliphatic rings. The summed E-state index contributed by atoms with van der Waals surface area (Å²) in [5, 5.41) is 2.65. The number of anilines is 1. The SMILES string of the molecule is C[C@@H](CC#Cc1cnc(N)cc1F)NC(=O)OC(C)(C)C. The van der Waals surface area contributed by atoms with Gasteiger partial charge in [0.1, 0.15) is 17.2 Å². The van der Waals surface area contributed by atoms with Gasteiger partial charge in [0.25, 0.3) is 0 Å². The van der Waals surface area contributed by atoms with Crippen LogP contribution in [0.2, 0.25) is 0 Å². The van der Waals surface area contributed by atoms with E-state index in [-0.39, 0.29) is 17.4 Å². The van der Waals surface area contributed by atoms with Crippen LogP contribution in [0.25, 0.3) is 0 Å². The molecule has 1 amide bonds. The van der Waals surface area contributed by atoms with E-state index in [1.54, 1.807) is 27.7 Å². The van der Waals surface area contributed by atoms with E-state index in [0.717, 1.165) is 6.07 Å². The molecular weight excluding hydrogens is 273 g/mol. The van der Waals surface area contributed by atoms with Crippen molar-refractivity contribution in [2.75, 3.05) is 5.73 Å². The molecule has 1 heterocycles. The molecule has 0 saturated heterocycles. The molecule has 1 aromatic rings. The Morgan fingerprint density at radius 2 is 2.24 bits per heavy atom. The fourth-order valence-electron chi connectivity index (χ4n) is 1.40. The molecule has 6 heteroatoms. The van der Waals surface area contributed by atoms with Crippen LogP contribution < -0.4 is 11.1 Å². The van der Waals surface area contributed by atoms with Gasteiger partial charge in [-0.2, -0.15) is 0 Å². The normalized spacial score (nSPS) is 12.0. The number of nitrogen functional groups attached to an aromatic ring is 1. The van der Waals surface area contributed by atoms with E-state index in [4.69, 9.17) is 10.5 Å². The molecule has 0 fully saturated rings. The first-order chi connectivity index (χ1) is 9.67. The lowest BCUT2D eigenvalue weighted by molar-refractivity contribution is 0.0509. The first kappa shape index (κ1) is 16.8. The molecule has 5 nitrogen and oxygen atoms in total. The van der Waals surface area contributed by atoms with Crippen molar-refractivity contribution < 1.29 is 13.9 Å². The highest BCUT2D eigenvalue weighted by atomic mass is 19.1. The number of pyridine rings is 1. The van der Waals surface area contributed by atoms with Crippen LogP contribution in [-0.2, 0) is 4.74 Å². The summed E-state index contributed by atoms with van der Waals surface area (Å²) in [6.07, 6.45) is 1.14. The van der Waals surface area contributed by atoms with Crippen LogP contribution in [0.3, 0.4) is 0 Å². The number of nitrogens with one attached hydrogen (secondary N) is 1. The lowest BCUT2D eigenvalue weighted by atomic mass is 10.2. The molecule has 0 saturated carbocycles. The van der Waals surface area contributed by atoms with Gasteiger partial charge < -0.3 is 15.8 Å². The van der Waals surface area contributed by atoms with Gasteiger partial charge >= 0.3 is 6.09 Å². The number of amides is 1. The van der Waals surface area contributed by atoms with E-state index >= 15 is 0 Å². The smallest absolute Gasteiger partial charge is 0.407 e. The number of carbonyl (C=O) groups excluding carboxylic acids is 1. The van der Waals surface area contributed by atoms with E-state index in [9.17, 15) is 9.18 Å². The number of rotatable bonds is 2. The summed E-state index contributed by atoms with van der Waals surface area (Å²) in [6.45, 7) is 7.14. The Balaban J connectivity index is 2.52. The highest BCUT2D eigenvalue weighted by molar-refractivity contribution is 5.68. The summed E-state index contributed by atoms with van der Waals surface area (Å²) >= 11 is 0. The summed E-state index contributed by atoms with van der Waals surface area (Å²) in [4.78, 5) is 15.3. The molecule has 0 aromatic carbocycles. The van der Waals surface area contributed by atoms with E-state index in [1.165, 1.54) is 6.20 Å². The summed E-state index contributed by atoms with van der Waals surface area (Å²) in [7, 11) is 0. The third-order valence-electron chi connectivity index (χ3n) is 2.27. The lowest BCUT2D eigenvalue weighted by Crippen LogP contribution is -2.37. The van der Waals surface area contributed by atoms with E-state index in [0.29, 0.717) is 6.42 Å². The van der Waals surface area contributed by atoms with Gasteiger partial charge in [0, 0.05) is 24.7 Å². The second kappa shape index (κ2) is 6.93. The van der Waals surface area contributed by atoms with Crippen molar-refractivity contribution in [1.29, 1.82) is 0 Å². The standard InChI is InChI=1S/C15H20FN3O2/c1-10(19-14(20)21-15(2,3)4)6-5-7-11-9-18-13(17)8-12(11)16/h8-10H,6H2,1-4H3,(H2,17,18)(H,19,20)/t10-/m0/s1. The maximum atomic E-state index is 13.5. The van der Waals surface area contributed by atoms with Gasteiger partial charge in [-0.1, -0.05) is 11.8 Å². The van der Waals surface area contributed by atoms with Crippen LogP contribution >= 0.6 is 0 Å². The predicted octanol–water partition coefficient (Wildman–Crippen LogP) is 2.46. The average molecular weight is 293 g/mol. The van der Waals surface area contributed by atoms with Gasteiger partial charge in [0.2, 0.25) is 0 Å². The third-order valence-corrected chi connectivity index (χ3v) is 2.27. The van der Waals surface area contributed by atoms with Crippen LogP contribution in [0.5, 0.6) is 0 Å². The van der Waals surface area contributed by atoms with Gasteiger partial charge in [-0.25, -0.2) is 14.2 Å². The maximum Gasteiger partial charge on any atom is 0.407 e. The van der Waals surface area contributed by atoms with Gasteiger partial charge in [0.15, 0.2) is 0 Å². The Kier molecular flexibility index (Phi) is 5.53. The quantitative estimate of drug-likeness (QED) is 0.821. The number of ether oxygens (including phenoxy) is 1. The number of alkyl carbamates (subject to hydrolysis) is 1. The lowest BCUT2D eigenvalue weighted by Gasteiger charge is -2.21. The maximum absolute atomic E-state index is 13.5. The third kappa shape index (κ3) is 6.61. The van der Waals surface area contributed by atoms with Crippen LogP contribution in [0.15, 0.2) is 12.3 Å². The largest absolute Gasteiger partial charge is 0.444 e. The average Bonchev–Trinajstić information content (AvgIpc) is 2.29. The minimum absolute atomic E-state index is 0.109. The molecular formula is C15H20FN3O2. The predicted molar refractivity (Wildman–Crippen MR) is 78.9 cm³/mol. The first-order valence-electron chi connectivity index (χ1n) is 6.57. The Morgan fingerprint density at radius 1 is 1.57 bits per heavy atom. The molecule has 3 N–H and O–H groups in total. The van der Waals surface area contributed by atoms with Crippen LogP contribution in [0.4, 0.5) is 15.0 Å². The molecule has 0 unspecified atom stereocenters. The van der Waals surface area contributed by atoms with Crippen molar-refractivity contribution in [2.45, 2.75) is 45.8 Å². The number of hydrogen-bond acceptors (Lipinski definition) is 4. The van der Waals surface area contributed by atoms with Crippen molar-refractivity contribution in [3.63, 3.8) is 0 Å². The molecule has 0 radical (unpaired) electrons. The fourth-order valence-corrected chi connectivity index (χ4v) is 1.40. The van der Waals surface area contributed by atoms with Crippen molar-refractivity contribution in [3.8, 4) is 11.8 Å². The zero-order valence-electron chi connectivity index (χ0n) is 12.7. The number of carbonyl (C=O) groups is 1. The minimum atomic E-state index is -0.547. The van der Waals surface area contributed by atoms with E-state index in [1.807, 2.05) is 0 Å². The highest BCUT2D eigenvalue weighted by Crippen LogP contribution is 2.08. The van der Waals surface area contributed by atoms with Crippen LogP contribution in [-0.4, -0.2) is 22.7 Å². The minimum Gasteiger partial charge on any atom is -0.444 e. The van der Waals surface area contributed by atoms with Gasteiger partial charge in [0.05, 0.1) is 5.56 Å². The number of nitrogens with two attached hydrogens (primary N) is 1. The second-order valence-electron chi connectivity index (χ2n) is 5.64. The Labute approximate surface area is 124 Å². The highest BCUT2D eigenvalue weighted by Gasteiger charge is 2.17. The Hall–Kier alpha value is -2.29. The second-order valence-corrected chi connectivity index (χ2v) is 5.64. The molecule has 21 heavy (non-hydrogen) atoms. The van der Waals surface area contributed by atoms with Crippen LogP contribution in [0.1, 0.15) is 39.7 Å². The van der Waals surface area contributed by atoms with E-state index < -0.39 is 17.5 Å². The molecule has 1 rings (SSSR count). The molecule has 1 aromatic heterocycles. The molecule has 1 atom stereocenters. The van der Waals surface area contributed by atoms with Crippen molar-refractivity contribution >= 4 is 11.9 Å². The van der Waals surface area contributed by atoms with Crippen molar-refractivity contribution in [3.05, 3.63) is 23.6 Å². The number of nitrogens with zero attached hydrogens (tertiary/aromatic N) is 1. The summed E-state index contributed by atoms with van der Waals surface area (Å²) in [5.74, 6) is 5.04. The fraction of sp³-hybridized carbons (Fsp3) is 0.467. The first-order valence-corrected chi connectivity index (χ1v) is 6.57. The summed E-state index contributed by atoms with van der Waals surface area (Å²) in [5.41, 5.74) is 4.98. The monoisotopic (exact) mass is 293 g/mol. The van der Waals surface area contributed by atoms with E-state index in [2.05, 4.69) is 22.1 Å². The zero-order valence-corrected chi connectivity index (χ0v) is 12.7. The Bertz CT molecular complexity index is 571. The number of halogens is 1. The van der Waals surface area contributed by atoms with Crippen molar-refractivity contribution in [1.82, 2.24) is 10.3 Å². The molecule has 0 bridgehead atoms. The Morgan fingerprint density at radius 3 is 2.81 bits per heavy atom. The molecule has 114 valence electrons. The van der Waals surface area contributed by atoms with Gasteiger partial charge in [-0.3, -0.25) is 0 Å². The summed E-state index contributed by atoms with van der Waals surface area (Å²) < 4.78 is 18.6. The zero-order chi connectivity index (χ0) is 16.0. The molecule has 0 aliphatic heterocycles. The van der Waals surface area contributed by atoms with Crippen LogP contribution in [0, 0.1) is 17.7 Å². The van der Waals surface area contributed by atoms with Gasteiger partial charge in [-0.05, 0) is 27.7 Å². The van der Waals surface area contributed by atoms with Crippen molar-refractivity contribution in [2.24, 2.45) is 0 Å². The topological polar surface area (TPSA) is 77.2 Å². The number of hydrogen-bond donors (Lipinski definition) is 2. The molecule has 0 spiro atoms. The number of aromatic nitrogens is 1. The molecule has 0 aliphatic carbocycles. The summed E-state index contributed by atoms with van der Waals surface area (Å²) in [6, 6.07) is 0.906. The van der Waals surface area contributed by atoms with Gasteiger partial charge in [-0.15, -0.1) is 0 Å².